The molecule has 2 aromatic carbocycles. The molecule has 3 nitrogen and oxygen atoms in total. The molecule has 1 aliphatic carbocycles. The maximum absolute atomic E-state index is 11.0. The zero-order valence-corrected chi connectivity index (χ0v) is 11.8. The highest BCUT2D eigenvalue weighted by Gasteiger charge is 2.28. The van der Waals surface area contributed by atoms with Crippen LogP contribution in [0.5, 0.6) is 0 Å². The summed E-state index contributed by atoms with van der Waals surface area (Å²) in [6, 6.07) is 14.0. The average Bonchev–Trinajstić information content (AvgIpc) is 2.37. The monoisotopic (exact) mass is 317 g/mol. The van der Waals surface area contributed by atoms with Crippen LogP contribution < -0.4 is 0 Å². The second kappa shape index (κ2) is 4.78. The van der Waals surface area contributed by atoms with Gasteiger partial charge in [-0.15, -0.1) is 0 Å². The largest absolute Gasteiger partial charge is 0.265 e. The third kappa shape index (κ3) is 2.28. The highest BCUT2D eigenvalue weighted by Crippen LogP contribution is 2.37. The lowest BCUT2D eigenvalue weighted by Crippen LogP contribution is -2.20. The normalized spacial score (nSPS) is 16.6. The quantitative estimate of drug-likeness (QED) is 0.625. The molecule has 19 heavy (non-hydrogen) atoms. The van der Waals surface area contributed by atoms with Crippen LogP contribution in [0.15, 0.2) is 46.9 Å². The van der Waals surface area contributed by atoms with E-state index in [1.54, 1.807) is 0 Å². The van der Waals surface area contributed by atoms with Crippen molar-refractivity contribution in [3.05, 3.63) is 79.3 Å². The van der Waals surface area contributed by atoms with E-state index in [4.69, 9.17) is 0 Å². The van der Waals surface area contributed by atoms with Gasteiger partial charge < -0.3 is 0 Å². The van der Waals surface area contributed by atoms with Gasteiger partial charge in [0.25, 0.3) is 0 Å². The van der Waals surface area contributed by atoms with Crippen molar-refractivity contribution in [2.75, 3.05) is 6.54 Å². The lowest BCUT2D eigenvalue weighted by molar-refractivity contribution is -0.481. The first-order chi connectivity index (χ1) is 9.15. The van der Waals surface area contributed by atoms with Crippen LogP contribution in [0.1, 0.15) is 28.2 Å². The van der Waals surface area contributed by atoms with Gasteiger partial charge in [-0.1, -0.05) is 46.3 Å². The van der Waals surface area contributed by atoms with Crippen molar-refractivity contribution in [2.24, 2.45) is 0 Å². The van der Waals surface area contributed by atoms with E-state index in [1.807, 2.05) is 30.3 Å². The Morgan fingerprint density at radius 1 is 1.16 bits per heavy atom. The van der Waals surface area contributed by atoms with E-state index in [2.05, 4.69) is 28.1 Å². The molecule has 0 saturated carbocycles. The molecule has 0 radical (unpaired) electrons. The molecule has 0 aliphatic heterocycles. The Balaban J connectivity index is 2.15. The topological polar surface area (TPSA) is 43.1 Å². The third-order valence-corrected chi connectivity index (χ3v) is 4.12. The summed E-state index contributed by atoms with van der Waals surface area (Å²) in [7, 11) is 0. The van der Waals surface area contributed by atoms with Crippen LogP contribution in [0.4, 0.5) is 0 Å². The summed E-state index contributed by atoms with van der Waals surface area (Å²) in [6.45, 7) is -0.0500. The van der Waals surface area contributed by atoms with Crippen molar-refractivity contribution < 1.29 is 4.92 Å². The molecular weight excluding hydrogens is 306 g/mol. The number of hydrogen-bond donors (Lipinski definition) is 0. The summed E-state index contributed by atoms with van der Waals surface area (Å²) < 4.78 is 1.02. The molecule has 0 amide bonds. The van der Waals surface area contributed by atoms with Gasteiger partial charge in [0.05, 0.1) is 5.92 Å². The molecule has 0 fully saturated rings. The summed E-state index contributed by atoms with van der Waals surface area (Å²) >= 11 is 3.47. The van der Waals surface area contributed by atoms with Crippen LogP contribution in [0.25, 0.3) is 0 Å². The molecule has 0 heterocycles. The predicted molar refractivity (Wildman–Crippen MR) is 77.1 cm³/mol. The summed E-state index contributed by atoms with van der Waals surface area (Å²) in [6.07, 6.45) is 0.846. The molecule has 3 rings (SSSR count). The maximum atomic E-state index is 11.0. The average molecular weight is 318 g/mol. The molecule has 0 spiro atoms. The van der Waals surface area contributed by atoms with Crippen LogP contribution >= 0.6 is 15.9 Å². The molecular formula is C15H12BrNO2. The Labute approximate surface area is 119 Å². The molecule has 0 aromatic heterocycles. The summed E-state index contributed by atoms with van der Waals surface area (Å²) in [5.41, 5.74) is 4.55. The van der Waals surface area contributed by atoms with E-state index in [0.717, 1.165) is 22.0 Å². The highest BCUT2D eigenvalue weighted by atomic mass is 79.9. The van der Waals surface area contributed by atoms with Gasteiger partial charge in [0.1, 0.15) is 0 Å². The zero-order chi connectivity index (χ0) is 13.4. The predicted octanol–water partition coefficient (Wildman–Crippen LogP) is 3.76. The fraction of sp³-hybridized carbons (Fsp3) is 0.200. The molecule has 1 unspecified atom stereocenters. The minimum atomic E-state index is -0.224. The minimum absolute atomic E-state index is 0.0500. The Hall–Kier alpha value is -1.68. The second-order valence-corrected chi connectivity index (χ2v) is 5.70. The number of nitro groups is 1. The Morgan fingerprint density at radius 3 is 2.68 bits per heavy atom. The molecule has 0 N–H and O–H groups in total. The van der Waals surface area contributed by atoms with Gasteiger partial charge in [-0.05, 0) is 40.8 Å². The van der Waals surface area contributed by atoms with Gasteiger partial charge in [-0.2, -0.15) is 0 Å². The number of halogens is 1. The first kappa shape index (κ1) is 12.4. The SMILES string of the molecule is O=[N+]([O-])CC1c2ccccc2Cc2cc(Br)ccc21. The Bertz CT molecular complexity index is 654. The van der Waals surface area contributed by atoms with Crippen LogP contribution in [0, 0.1) is 10.1 Å². The number of fused-ring (bicyclic) bond motifs is 2. The van der Waals surface area contributed by atoms with Crippen LogP contribution in [0.2, 0.25) is 0 Å². The van der Waals surface area contributed by atoms with Crippen molar-refractivity contribution in [3.8, 4) is 0 Å². The molecule has 1 atom stereocenters. The van der Waals surface area contributed by atoms with E-state index in [9.17, 15) is 10.1 Å². The summed E-state index contributed by atoms with van der Waals surface area (Å²) in [5, 5.41) is 11.0. The maximum Gasteiger partial charge on any atom is 0.214 e. The van der Waals surface area contributed by atoms with Gasteiger partial charge in [-0.25, -0.2) is 0 Å². The third-order valence-electron chi connectivity index (χ3n) is 3.62. The highest BCUT2D eigenvalue weighted by molar-refractivity contribution is 9.10. The Morgan fingerprint density at radius 2 is 1.89 bits per heavy atom. The van der Waals surface area contributed by atoms with Crippen LogP contribution in [-0.2, 0) is 6.42 Å². The number of rotatable bonds is 2. The number of nitrogens with zero attached hydrogens (tertiary/aromatic N) is 1. The van der Waals surface area contributed by atoms with Crippen LogP contribution in [0.3, 0.4) is 0 Å². The minimum Gasteiger partial charge on any atom is -0.265 e. The van der Waals surface area contributed by atoms with E-state index in [-0.39, 0.29) is 17.4 Å². The van der Waals surface area contributed by atoms with Gasteiger partial charge in [-0.3, -0.25) is 10.1 Å². The molecule has 96 valence electrons. The van der Waals surface area contributed by atoms with E-state index in [1.165, 1.54) is 11.1 Å². The lowest BCUT2D eigenvalue weighted by atomic mass is 9.78. The number of benzene rings is 2. The first-order valence-electron chi connectivity index (χ1n) is 6.13. The molecule has 4 heteroatoms. The fourth-order valence-corrected chi connectivity index (χ4v) is 3.23. The van der Waals surface area contributed by atoms with Gasteiger partial charge in [0.2, 0.25) is 6.54 Å². The second-order valence-electron chi connectivity index (χ2n) is 4.79. The Kier molecular flexibility index (Phi) is 3.11. The number of hydrogen-bond acceptors (Lipinski definition) is 2. The first-order valence-corrected chi connectivity index (χ1v) is 6.92. The zero-order valence-electron chi connectivity index (χ0n) is 10.2. The van der Waals surface area contributed by atoms with Crippen molar-refractivity contribution in [2.45, 2.75) is 12.3 Å². The summed E-state index contributed by atoms with van der Waals surface area (Å²) in [4.78, 5) is 10.7. The standard InChI is InChI=1S/C15H12BrNO2/c16-12-5-6-14-11(8-12)7-10-3-1-2-4-13(10)15(14)9-17(18)19/h1-6,8,15H,7,9H2. The van der Waals surface area contributed by atoms with Crippen molar-refractivity contribution in [1.82, 2.24) is 0 Å². The van der Waals surface area contributed by atoms with E-state index >= 15 is 0 Å². The van der Waals surface area contributed by atoms with Crippen molar-refractivity contribution in [3.63, 3.8) is 0 Å². The van der Waals surface area contributed by atoms with Gasteiger partial charge in [0.15, 0.2) is 0 Å². The van der Waals surface area contributed by atoms with E-state index in [0.29, 0.717) is 0 Å². The van der Waals surface area contributed by atoms with Crippen molar-refractivity contribution in [1.29, 1.82) is 0 Å². The summed E-state index contributed by atoms with van der Waals surface area (Å²) in [5.74, 6) is -0.136. The molecule has 2 aromatic rings. The molecule has 0 bridgehead atoms. The fourth-order valence-electron chi connectivity index (χ4n) is 2.82. The van der Waals surface area contributed by atoms with Crippen molar-refractivity contribution >= 4 is 15.9 Å². The van der Waals surface area contributed by atoms with E-state index < -0.39 is 0 Å². The smallest absolute Gasteiger partial charge is 0.214 e. The molecule has 1 aliphatic rings. The van der Waals surface area contributed by atoms with Gasteiger partial charge >= 0.3 is 0 Å². The van der Waals surface area contributed by atoms with Gasteiger partial charge in [0, 0.05) is 9.40 Å². The molecule has 0 saturated heterocycles. The van der Waals surface area contributed by atoms with Crippen LogP contribution in [-0.4, -0.2) is 11.5 Å². The lowest BCUT2D eigenvalue weighted by Gasteiger charge is -2.26.